The number of aryl methyl sites for hydroxylation is 1. The molecule has 1 aliphatic rings. The van der Waals surface area contributed by atoms with Crippen molar-refractivity contribution in [1.82, 2.24) is 5.01 Å². The number of fused-ring (bicyclic) bond motifs is 1. The third-order valence-corrected chi connectivity index (χ3v) is 6.46. The Morgan fingerprint density at radius 1 is 1.32 bits per heavy atom. The number of carbonyl (C=O) groups excluding carboxylic acids is 1. The smallest absolute Gasteiger partial charge is 0.339 e. The fourth-order valence-electron chi connectivity index (χ4n) is 3.62. The van der Waals surface area contributed by atoms with Crippen LogP contribution in [0, 0.1) is 5.41 Å². The molecule has 6 nitrogen and oxygen atoms in total. The number of anilines is 1. The molecule has 0 fully saturated rings. The van der Waals surface area contributed by atoms with Crippen molar-refractivity contribution >= 4 is 28.2 Å². The van der Waals surface area contributed by atoms with Gasteiger partial charge < -0.3 is 10.4 Å². The maximum atomic E-state index is 13.0. The second-order valence-electron chi connectivity index (χ2n) is 8.03. The Bertz CT molecular complexity index is 904. The first-order chi connectivity index (χ1) is 13.2. The Labute approximate surface area is 169 Å². The average Bonchev–Trinajstić information content (AvgIpc) is 2.97. The predicted octanol–water partition coefficient (Wildman–Crippen LogP) is 3.91. The minimum absolute atomic E-state index is 0.0664. The van der Waals surface area contributed by atoms with Crippen molar-refractivity contribution in [3.63, 3.8) is 0 Å². The standard InChI is InChI=1S/C21H27N3O3S/c1-4-24(22)12-13-7-5-6-8-14(13)18(25)23-19-17(20(26)27)15-11-21(2,3)10-9-16(15)28-19/h5-8H,4,9-12,22H2,1-3H3,(H,23,25)(H,26,27). The zero-order valence-corrected chi connectivity index (χ0v) is 17.4. The Hall–Kier alpha value is -2.22. The molecule has 28 heavy (non-hydrogen) atoms. The van der Waals surface area contributed by atoms with Crippen molar-refractivity contribution in [3.8, 4) is 0 Å². The van der Waals surface area contributed by atoms with Gasteiger partial charge in [0.15, 0.2) is 0 Å². The van der Waals surface area contributed by atoms with E-state index in [1.54, 1.807) is 17.1 Å². The summed E-state index contributed by atoms with van der Waals surface area (Å²) < 4.78 is 0. The van der Waals surface area contributed by atoms with Gasteiger partial charge in [-0.1, -0.05) is 39.0 Å². The van der Waals surface area contributed by atoms with Gasteiger partial charge in [0.1, 0.15) is 5.00 Å². The Morgan fingerprint density at radius 3 is 2.71 bits per heavy atom. The van der Waals surface area contributed by atoms with Crippen molar-refractivity contribution in [2.24, 2.45) is 11.3 Å². The normalized spacial score (nSPS) is 15.3. The number of benzene rings is 1. The van der Waals surface area contributed by atoms with Crippen molar-refractivity contribution in [1.29, 1.82) is 0 Å². The Kier molecular flexibility index (Phi) is 5.88. The number of hydrazine groups is 1. The Morgan fingerprint density at radius 2 is 2.04 bits per heavy atom. The summed E-state index contributed by atoms with van der Waals surface area (Å²) in [6.07, 6.45) is 2.57. The summed E-state index contributed by atoms with van der Waals surface area (Å²) in [7, 11) is 0. The number of rotatable bonds is 6. The summed E-state index contributed by atoms with van der Waals surface area (Å²) in [5.74, 6) is 4.61. The lowest BCUT2D eigenvalue weighted by molar-refractivity contribution is 0.0696. The topological polar surface area (TPSA) is 95.7 Å². The number of nitrogens with two attached hydrogens (primary N) is 1. The minimum atomic E-state index is -0.988. The van der Waals surface area contributed by atoms with Gasteiger partial charge in [-0.25, -0.2) is 9.80 Å². The predicted molar refractivity (Wildman–Crippen MR) is 112 cm³/mol. The molecule has 4 N–H and O–H groups in total. The number of amides is 1. The molecule has 0 saturated heterocycles. The quantitative estimate of drug-likeness (QED) is 0.504. The third-order valence-electron chi connectivity index (χ3n) is 5.26. The summed E-state index contributed by atoms with van der Waals surface area (Å²) in [6.45, 7) is 7.35. The highest BCUT2D eigenvalue weighted by molar-refractivity contribution is 7.17. The summed E-state index contributed by atoms with van der Waals surface area (Å²) >= 11 is 1.39. The van der Waals surface area contributed by atoms with E-state index in [4.69, 9.17) is 5.84 Å². The number of thiophene rings is 1. The number of hydrogen-bond donors (Lipinski definition) is 3. The number of nitrogens with one attached hydrogen (secondary N) is 1. The van der Waals surface area contributed by atoms with Crippen LogP contribution in [0.25, 0.3) is 0 Å². The van der Waals surface area contributed by atoms with Gasteiger partial charge in [-0.15, -0.1) is 11.3 Å². The zero-order chi connectivity index (χ0) is 20.5. The second-order valence-corrected chi connectivity index (χ2v) is 9.13. The van der Waals surface area contributed by atoms with Crippen LogP contribution in [0.4, 0.5) is 5.00 Å². The number of nitrogens with zero attached hydrogens (tertiary/aromatic N) is 1. The average molecular weight is 402 g/mol. The molecule has 1 aromatic heterocycles. The molecule has 150 valence electrons. The van der Waals surface area contributed by atoms with Crippen molar-refractivity contribution < 1.29 is 14.7 Å². The molecule has 1 aromatic carbocycles. The molecule has 0 radical (unpaired) electrons. The molecule has 3 rings (SSSR count). The van der Waals surface area contributed by atoms with Gasteiger partial charge in [0.05, 0.1) is 5.56 Å². The van der Waals surface area contributed by atoms with Crippen LogP contribution in [0.5, 0.6) is 0 Å². The summed E-state index contributed by atoms with van der Waals surface area (Å²) in [5, 5.41) is 14.7. The van der Waals surface area contributed by atoms with Gasteiger partial charge in [0, 0.05) is 23.5 Å². The lowest BCUT2D eigenvalue weighted by Crippen LogP contribution is -2.31. The van der Waals surface area contributed by atoms with Gasteiger partial charge in [0.25, 0.3) is 5.91 Å². The van der Waals surface area contributed by atoms with E-state index >= 15 is 0 Å². The molecule has 0 spiro atoms. The molecule has 0 atom stereocenters. The number of carbonyl (C=O) groups is 2. The van der Waals surface area contributed by atoms with Gasteiger partial charge in [0.2, 0.25) is 0 Å². The van der Waals surface area contributed by atoms with Crippen molar-refractivity contribution in [3.05, 3.63) is 51.4 Å². The van der Waals surface area contributed by atoms with E-state index in [0.29, 0.717) is 30.1 Å². The first-order valence-electron chi connectivity index (χ1n) is 9.48. The van der Waals surface area contributed by atoms with Crippen LogP contribution in [0.3, 0.4) is 0 Å². The van der Waals surface area contributed by atoms with Gasteiger partial charge in [-0.2, -0.15) is 0 Å². The van der Waals surface area contributed by atoms with E-state index in [1.807, 2.05) is 19.1 Å². The van der Waals surface area contributed by atoms with Gasteiger partial charge in [-0.3, -0.25) is 10.6 Å². The molecule has 7 heteroatoms. The van der Waals surface area contributed by atoms with E-state index in [1.165, 1.54) is 11.3 Å². The molecule has 1 aliphatic carbocycles. The van der Waals surface area contributed by atoms with E-state index < -0.39 is 5.97 Å². The summed E-state index contributed by atoms with van der Waals surface area (Å²) in [5.41, 5.74) is 2.50. The summed E-state index contributed by atoms with van der Waals surface area (Å²) in [6, 6.07) is 7.27. The largest absolute Gasteiger partial charge is 0.478 e. The lowest BCUT2D eigenvalue weighted by Gasteiger charge is -2.29. The van der Waals surface area contributed by atoms with Crippen LogP contribution in [-0.2, 0) is 19.4 Å². The maximum Gasteiger partial charge on any atom is 0.339 e. The van der Waals surface area contributed by atoms with Gasteiger partial charge in [-0.05, 0) is 41.9 Å². The van der Waals surface area contributed by atoms with E-state index in [9.17, 15) is 14.7 Å². The fourth-order valence-corrected chi connectivity index (χ4v) is 4.82. The third kappa shape index (κ3) is 4.27. The molecule has 0 aliphatic heterocycles. The van der Waals surface area contributed by atoms with Crippen LogP contribution >= 0.6 is 11.3 Å². The monoisotopic (exact) mass is 401 g/mol. The summed E-state index contributed by atoms with van der Waals surface area (Å²) in [4.78, 5) is 26.0. The van der Waals surface area contributed by atoms with Gasteiger partial charge >= 0.3 is 5.97 Å². The van der Waals surface area contributed by atoms with Crippen molar-refractivity contribution in [2.45, 2.75) is 46.6 Å². The number of aromatic carboxylic acids is 1. The van der Waals surface area contributed by atoms with E-state index in [0.717, 1.165) is 28.8 Å². The van der Waals surface area contributed by atoms with Crippen LogP contribution in [0.15, 0.2) is 24.3 Å². The molecular weight excluding hydrogens is 374 g/mol. The molecule has 0 saturated carbocycles. The molecule has 1 heterocycles. The first kappa shape index (κ1) is 20.5. The molecule has 0 unspecified atom stereocenters. The van der Waals surface area contributed by atoms with Crippen LogP contribution in [0.1, 0.15) is 63.9 Å². The highest BCUT2D eigenvalue weighted by atomic mass is 32.1. The SMILES string of the molecule is CCN(N)Cc1ccccc1C(=O)Nc1sc2c(c1C(=O)O)CC(C)(C)CC2. The Balaban J connectivity index is 1.92. The second kappa shape index (κ2) is 8.03. The van der Waals surface area contributed by atoms with Crippen molar-refractivity contribution in [2.75, 3.05) is 11.9 Å². The number of carboxylic acids is 1. The highest BCUT2D eigenvalue weighted by Gasteiger charge is 2.33. The molecule has 0 bridgehead atoms. The number of carboxylic acid groups (broad SMARTS) is 1. The van der Waals surface area contributed by atoms with Crippen LogP contribution < -0.4 is 11.2 Å². The fraction of sp³-hybridized carbons (Fsp3) is 0.429. The number of hydrogen-bond acceptors (Lipinski definition) is 5. The maximum absolute atomic E-state index is 13.0. The minimum Gasteiger partial charge on any atom is -0.478 e. The molecular formula is C21H27N3O3S. The molecule has 2 aromatic rings. The lowest BCUT2D eigenvalue weighted by atomic mass is 9.76. The van der Waals surface area contributed by atoms with Crippen LogP contribution in [-0.4, -0.2) is 28.5 Å². The van der Waals surface area contributed by atoms with E-state index in [2.05, 4.69) is 19.2 Å². The molecule has 1 amide bonds. The highest BCUT2D eigenvalue weighted by Crippen LogP contribution is 2.43. The first-order valence-corrected chi connectivity index (χ1v) is 10.3. The van der Waals surface area contributed by atoms with E-state index in [-0.39, 0.29) is 16.9 Å². The zero-order valence-electron chi connectivity index (χ0n) is 16.5. The van der Waals surface area contributed by atoms with Crippen LogP contribution in [0.2, 0.25) is 0 Å².